The average molecular weight is 303 g/mol. The van der Waals surface area contributed by atoms with Gasteiger partial charge in [-0.3, -0.25) is 4.79 Å². The van der Waals surface area contributed by atoms with Gasteiger partial charge in [0.2, 0.25) is 0 Å². The summed E-state index contributed by atoms with van der Waals surface area (Å²) in [5.74, 6) is -0.809. The Labute approximate surface area is 129 Å². The van der Waals surface area contributed by atoms with Gasteiger partial charge in [-0.1, -0.05) is 37.3 Å². The van der Waals surface area contributed by atoms with Gasteiger partial charge in [-0.05, 0) is 43.3 Å². The summed E-state index contributed by atoms with van der Waals surface area (Å²) in [4.78, 5) is 12.5. The fraction of sp³-hybridized carbons (Fsp3) is 0.353. The Morgan fingerprint density at radius 2 is 1.95 bits per heavy atom. The van der Waals surface area contributed by atoms with Crippen LogP contribution < -0.4 is 5.32 Å². The number of carboxylic acid groups (broad SMARTS) is 1. The molecule has 0 saturated heterocycles. The Hall–Kier alpha value is -1.52. The topological polar surface area (TPSA) is 49.3 Å². The number of likely N-dealkylation sites (N-methyl/N-ethyl adjacent to an activating group) is 1. The van der Waals surface area contributed by atoms with Crippen molar-refractivity contribution in [2.45, 2.75) is 36.0 Å². The number of nitrogens with one attached hydrogen (secondary N) is 1. The Bertz CT molecular complexity index is 643. The number of rotatable bonds is 6. The molecular formula is C17H21NO2S. The molecule has 0 spiro atoms. The minimum absolute atomic E-state index is 0.208. The number of fused-ring (bicyclic) bond motifs is 1. The summed E-state index contributed by atoms with van der Waals surface area (Å²) in [5, 5.41) is 14.9. The van der Waals surface area contributed by atoms with E-state index in [1.807, 2.05) is 12.1 Å². The van der Waals surface area contributed by atoms with Crippen LogP contribution in [-0.2, 0) is 4.79 Å². The zero-order valence-electron chi connectivity index (χ0n) is 12.6. The quantitative estimate of drug-likeness (QED) is 0.798. The predicted molar refractivity (Wildman–Crippen MR) is 89.0 cm³/mol. The minimum Gasteiger partial charge on any atom is -0.480 e. The normalized spacial score (nSPS) is 15.6. The van der Waals surface area contributed by atoms with Gasteiger partial charge in [0, 0.05) is 10.1 Å². The zero-order chi connectivity index (χ0) is 15.5. The highest BCUT2D eigenvalue weighted by molar-refractivity contribution is 8.00. The Morgan fingerprint density at radius 3 is 2.57 bits per heavy atom. The van der Waals surface area contributed by atoms with Gasteiger partial charge in [0.15, 0.2) is 0 Å². The van der Waals surface area contributed by atoms with Crippen molar-refractivity contribution in [3.8, 4) is 0 Å². The number of hydrogen-bond acceptors (Lipinski definition) is 3. The standard InChI is InChI=1S/C17H21NO2S/c1-12(11-17(2,18-3)16(19)20)21-15-9-8-13-6-4-5-7-14(13)10-15/h4-10,12,18H,11H2,1-3H3,(H,19,20). The third kappa shape index (κ3) is 3.77. The Morgan fingerprint density at radius 1 is 1.29 bits per heavy atom. The first-order valence-electron chi connectivity index (χ1n) is 7.02. The van der Waals surface area contributed by atoms with Gasteiger partial charge in [0.1, 0.15) is 5.54 Å². The molecule has 0 saturated carbocycles. The van der Waals surface area contributed by atoms with Crippen molar-refractivity contribution in [1.82, 2.24) is 5.32 Å². The number of thioether (sulfide) groups is 1. The Kier molecular flexibility index (Phi) is 4.91. The van der Waals surface area contributed by atoms with E-state index in [0.29, 0.717) is 6.42 Å². The maximum absolute atomic E-state index is 11.3. The van der Waals surface area contributed by atoms with E-state index in [1.54, 1.807) is 25.7 Å². The first kappa shape index (κ1) is 15.9. The van der Waals surface area contributed by atoms with E-state index in [2.05, 4.69) is 42.6 Å². The molecule has 2 N–H and O–H groups in total. The monoisotopic (exact) mass is 303 g/mol. The van der Waals surface area contributed by atoms with E-state index in [0.717, 1.165) is 0 Å². The summed E-state index contributed by atoms with van der Waals surface area (Å²) >= 11 is 1.71. The summed E-state index contributed by atoms with van der Waals surface area (Å²) in [5.41, 5.74) is -0.886. The largest absolute Gasteiger partial charge is 0.480 e. The summed E-state index contributed by atoms with van der Waals surface area (Å²) in [6, 6.07) is 14.6. The van der Waals surface area contributed by atoms with Crippen molar-refractivity contribution in [3.63, 3.8) is 0 Å². The molecule has 0 aliphatic carbocycles. The van der Waals surface area contributed by atoms with Crippen LogP contribution in [0, 0.1) is 0 Å². The molecule has 0 fully saturated rings. The van der Waals surface area contributed by atoms with Crippen molar-refractivity contribution >= 4 is 28.5 Å². The van der Waals surface area contributed by atoms with Gasteiger partial charge in [0.05, 0.1) is 0 Å². The molecule has 21 heavy (non-hydrogen) atoms. The van der Waals surface area contributed by atoms with Crippen molar-refractivity contribution in [1.29, 1.82) is 0 Å². The molecule has 4 heteroatoms. The van der Waals surface area contributed by atoms with Crippen LogP contribution in [0.4, 0.5) is 0 Å². The SMILES string of the molecule is CNC(C)(CC(C)Sc1ccc2ccccc2c1)C(=O)O. The van der Waals surface area contributed by atoms with Gasteiger partial charge in [-0.15, -0.1) is 11.8 Å². The lowest BCUT2D eigenvalue weighted by atomic mass is 9.96. The molecule has 0 heterocycles. The summed E-state index contributed by atoms with van der Waals surface area (Å²) < 4.78 is 0. The van der Waals surface area contributed by atoms with E-state index in [-0.39, 0.29) is 5.25 Å². The first-order chi connectivity index (χ1) is 9.94. The number of carbonyl (C=O) groups is 1. The molecular weight excluding hydrogens is 282 g/mol. The molecule has 2 rings (SSSR count). The molecule has 2 unspecified atom stereocenters. The first-order valence-corrected chi connectivity index (χ1v) is 7.90. The highest BCUT2D eigenvalue weighted by Crippen LogP contribution is 2.30. The van der Waals surface area contributed by atoms with E-state index in [1.165, 1.54) is 15.7 Å². The van der Waals surface area contributed by atoms with E-state index in [4.69, 9.17) is 0 Å². The average Bonchev–Trinajstić information content (AvgIpc) is 2.46. The van der Waals surface area contributed by atoms with Crippen LogP contribution in [-0.4, -0.2) is 28.9 Å². The van der Waals surface area contributed by atoms with E-state index < -0.39 is 11.5 Å². The number of benzene rings is 2. The second kappa shape index (κ2) is 6.50. The van der Waals surface area contributed by atoms with Crippen LogP contribution >= 0.6 is 11.8 Å². The Balaban J connectivity index is 2.10. The zero-order valence-corrected chi connectivity index (χ0v) is 13.4. The van der Waals surface area contributed by atoms with Crippen molar-refractivity contribution in [2.75, 3.05) is 7.05 Å². The third-order valence-electron chi connectivity index (χ3n) is 3.78. The third-order valence-corrected chi connectivity index (χ3v) is 4.87. The lowest BCUT2D eigenvalue weighted by Crippen LogP contribution is -2.49. The van der Waals surface area contributed by atoms with Crippen LogP contribution in [0.15, 0.2) is 47.4 Å². The maximum atomic E-state index is 11.3. The lowest BCUT2D eigenvalue weighted by molar-refractivity contribution is -0.144. The highest BCUT2D eigenvalue weighted by atomic mass is 32.2. The smallest absolute Gasteiger partial charge is 0.323 e. The fourth-order valence-electron chi connectivity index (χ4n) is 2.39. The molecule has 2 aromatic rings. The molecule has 0 aliphatic heterocycles. The molecule has 0 bridgehead atoms. The van der Waals surface area contributed by atoms with E-state index >= 15 is 0 Å². The van der Waals surface area contributed by atoms with Gasteiger partial charge in [-0.25, -0.2) is 0 Å². The van der Waals surface area contributed by atoms with Crippen LogP contribution in [0.25, 0.3) is 10.8 Å². The van der Waals surface area contributed by atoms with Crippen LogP contribution in [0.2, 0.25) is 0 Å². The predicted octanol–water partition coefficient (Wildman–Crippen LogP) is 3.77. The minimum atomic E-state index is -0.886. The van der Waals surface area contributed by atoms with Gasteiger partial charge in [0.25, 0.3) is 0 Å². The van der Waals surface area contributed by atoms with Crippen molar-refractivity contribution in [2.24, 2.45) is 0 Å². The molecule has 3 nitrogen and oxygen atoms in total. The van der Waals surface area contributed by atoms with Gasteiger partial charge < -0.3 is 10.4 Å². The second-order valence-corrected chi connectivity index (χ2v) is 7.04. The van der Waals surface area contributed by atoms with Crippen molar-refractivity contribution < 1.29 is 9.90 Å². The number of carboxylic acids is 1. The summed E-state index contributed by atoms with van der Waals surface area (Å²) in [7, 11) is 1.70. The second-order valence-electron chi connectivity index (χ2n) is 5.53. The molecule has 0 radical (unpaired) electrons. The summed E-state index contributed by atoms with van der Waals surface area (Å²) in [6.45, 7) is 3.80. The molecule has 0 aliphatic rings. The highest BCUT2D eigenvalue weighted by Gasteiger charge is 2.33. The molecule has 0 amide bonds. The molecule has 2 aromatic carbocycles. The van der Waals surface area contributed by atoms with Gasteiger partial charge in [-0.2, -0.15) is 0 Å². The number of hydrogen-bond donors (Lipinski definition) is 2. The van der Waals surface area contributed by atoms with Gasteiger partial charge >= 0.3 is 5.97 Å². The fourth-order valence-corrected chi connectivity index (χ4v) is 3.61. The van der Waals surface area contributed by atoms with E-state index in [9.17, 15) is 9.90 Å². The molecule has 2 atom stereocenters. The maximum Gasteiger partial charge on any atom is 0.323 e. The number of aliphatic carboxylic acids is 1. The molecule has 0 aromatic heterocycles. The van der Waals surface area contributed by atoms with Crippen molar-refractivity contribution in [3.05, 3.63) is 42.5 Å². The lowest BCUT2D eigenvalue weighted by Gasteiger charge is -2.27. The van der Waals surface area contributed by atoms with Crippen LogP contribution in [0.1, 0.15) is 20.3 Å². The van der Waals surface area contributed by atoms with Crippen LogP contribution in [0.3, 0.4) is 0 Å². The summed E-state index contributed by atoms with van der Waals surface area (Å²) in [6.07, 6.45) is 0.566. The molecule has 112 valence electrons. The van der Waals surface area contributed by atoms with Crippen LogP contribution in [0.5, 0.6) is 0 Å².